The molecule has 0 N–H and O–H groups in total. The fraction of sp³-hybridized carbons (Fsp3) is 0.261. The summed E-state index contributed by atoms with van der Waals surface area (Å²) in [6.07, 6.45) is -24.3. The summed E-state index contributed by atoms with van der Waals surface area (Å²) in [7, 11) is -0.649. The van der Waals surface area contributed by atoms with Crippen LogP contribution in [-0.4, -0.2) is 24.7 Å². The van der Waals surface area contributed by atoms with E-state index in [1.165, 1.54) is 42.0 Å². The molecule has 99 heavy (non-hydrogen) atoms. The molecule has 0 aromatic heterocycles. The molecule has 30 heteroatoms. The molecule has 6 aromatic carbocycles. The van der Waals surface area contributed by atoms with E-state index in [0.717, 1.165) is 11.8 Å². The van der Waals surface area contributed by atoms with Gasteiger partial charge < -0.3 is 4.74 Å². The van der Waals surface area contributed by atoms with E-state index in [9.17, 15) is 105 Å². The molecule has 3 aliphatic carbocycles. The Bertz CT molecular complexity index is 3080. The largest absolute Gasteiger partial charge is 2.00 e. The molecule has 0 saturated heterocycles. The van der Waals surface area contributed by atoms with Crippen molar-refractivity contribution in [3.63, 3.8) is 0 Å². The molecular formula is C69H54BF24FeIrNOP+. The molecule has 1 atom stereocenters. The zero-order valence-corrected chi connectivity index (χ0v) is 55.8. The summed E-state index contributed by atoms with van der Waals surface area (Å²) in [4.78, 5) is 4.94. The van der Waals surface area contributed by atoms with E-state index in [0.29, 0.717) is 6.61 Å². The third kappa shape index (κ3) is 22.4. The van der Waals surface area contributed by atoms with E-state index in [1.807, 2.05) is 32.1 Å². The maximum atomic E-state index is 14.2. The first-order valence-corrected chi connectivity index (χ1v) is 30.3. The van der Waals surface area contributed by atoms with Crippen molar-refractivity contribution in [2.45, 2.75) is 102 Å². The quantitative estimate of drug-likeness (QED) is 0.0845. The molecule has 2 nitrogen and oxygen atoms in total. The van der Waals surface area contributed by atoms with Crippen LogP contribution in [0.4, 0.5) is 105 Å². The molecule has 0 bridgehead atoms. The zero-order chi connectivity index (χ0) is 72.0. The van der Waals surface area contributed by atoms with Crippen LogP contribution in [0, 0.1) is 94.0 Å². The van der Waals surface area contributed by atoms with Crippen LogP contribution in [0.2, 0.25) is 0 Å². The Morgan fingerprint density at radius 1 is 0.364 bits per heavy atom. The molecule has 3 fully saturated rings. The first-order chi connectivity index (χ1) is 44.8. The van der Waals surface area contributed by atoms with Crippen molar-refractivity contribution in [3.8, 4) is 0 Å². The van der Waals surface area contributed by atoms with Gasteiger partial charge in [-0.3, -0.25) is 0 Å². The van der Waals surface area contributed by atoms with E-state index in [4.69, 9.17) is 9.73 Å². The van der Waals surface area contributed by atoms with Gasteiger partial charge in [-0.25, -0.2) is 4.99 Å². The van der Waals surface area contributed by atoms with Crippen LogP contribution in [0.25, 0.3) is 0 Å². The van der Waals surface area contributed by atoms with Gasteiger partial charge in [0.05, 0.1) is 56.5 Å². The summed E-state index contributed by atoms with van der Waals surface area (Å²) < 4.78 is 347. The molecule has 4 aliphatic rings. The Hall–Kier alpha value is -5.23. The van der Waals surface area contributed by atoms with E-state index >= 15 is 0 Å². The summed E-state index contributed by atoms with van der Waals surface area (Å²) in [5.74, 6) is 1.94. The maximum absolute atomic E-state index is 14.2. The number of ether oxygens (including phenoxy) is 1. The van der Waals surface area contributed by atoms with Gasteiger partial charge in [-0.1, -0.05) is 130 Å². The molecule has 533 valence electrons. The average Bonchev–Trinajstić information content (AvgIpc) is 1.56. The van der Waals surface area contributed by atoms with Crippen molar-refractivity contribution >= 4 is 52.4 Å². The maximum Gasteiger partial charge on any atom is 2.00 e. The van der Waals surface area contributed by atoms with E-state index in [2.05, 4.69) is 126 Å². The van der Waals surface area contributed by atoms with Gasteiger partial charge in [0.25, 0.3) is 0 Å². The Morgan fingerprint density at radius 2 is 0.616 bits per heavy atom. The van der Waals surface area contributed by atoms with E-state index < -0.39 is 203 Å². The summed E-state index contributed by atoms with van der Waals surface area (Å²) in [6.45, 7) is 7.33. The van der Waals surface area contributed by atoms with Gasteiger partial charge in [-0.2, -0.15) is 127 Å². The van der Waals surface area contributed by atoms with Gasteiger partial charge in [0.15, 0.2) is 5.90 Å². The number of alkyl halides is 24. The van der Waals surface area contributed by atoms with Crippen LogP contribution in [0.5, 0.6) is 0 Å². The summed E-state index contributed by atoms with van der Waals surface area (Å²) in [5.41, 5.74) is -28.8. The fourth-order valence-electron chi connectivity index (χ4n) is 10.6. The SMILES string of the molecule is CC(C)(C)[C@H]1COC([C]2[CH][CH][CH][C]2P(c2ccccc2)c2ccccc2)=N1.FC(F)(F)c1cc([B-](c2cc(C(F)(F)F)cc(C(F)(F)F)c2)(c2cc(C(F)(F)F)cc(C(F)(F)F)c2)c2cc(C(F)(F)F)cc(C(F)(F)F)c2)cc(C(F)(F)F)c1.[CH]1[CH]CC[CH][CH]CC1.[CH]1[CH][CH][CH][CH]1.[Fe+2].[Ir]. The number of rotatable bonds is 8. The molecule has 1 aliphatic heterocycles. The van der Waals surface area contributed by atoms with E-state index in [1.54, 1.807) is 0 Å². The molecular weight excluding hydrogens is 1600 g/mol. The minimum absolute atomic E-state index is 0. The van der Waals surface area contributed by atoms with Crippen molar-refractivity contribution in [2.24, 2.45) is 10.4 Å². The minimum atomic E-state index is -6.13. The van der Waals surface area contributed by atoms with Crippen LogP contribution in [0.15, 0.2) is 138 Å². The monoisotopic (exact) mass is 1660 g/mol. The Labute approximate surface area is 582 Å². The Kier molecular flexibility index (Phi) is 28.6. The minimum Gasteiger partial charge on any atom is -0.478 e. The topological polar surface area (TPSA) is 21.6 Å². The molecule has 1 heterocycles. The molecule has 0 amide bonds. The van der Waals surface area contributed by atoms with Crippen molar-refractivity contribution < 1.29 is 147 Å². The van der Waals surface area contributed by atoms with Crippen molar-refractivity contribution in [1.29, 1.82) is 0 Å². The number of hydrogen-bond donors (Lipinski definition) is 0. The predicted molar refractivity (Wildman–Crippen MR) is 322 cm³/mol. The van der Waals surface area contributed by atoms with Crippen molar-refractivity contribution in [1.82, 2.24) is 0 Å². The third-order valence-corrected chi connectivity index (χ3v) is 17.8. The fourth-order valence-corrected chi connectivity index (χ4v) is 13.0. The summed E-state index contributed by atoms with van der Waals surface area (Å²) in [6, 6.07) is 12.9. The van der Waals surface area contributed by atoms with Crippen molar-refractivity contribution in [2.75, 3.05) is 6.61 Å². The van der Waals surface area contributed by atoms with Gasteiger partial charge in [0.1, 0.15) is 12.8 Å². The van der Waals surface area contributed by atoms with E-state index in [-0.39, 0.29) is 48.6 Å². The molecule has 0 spiro atoms. The Morgan fingerprint density at radius 3 is 0.838 bits per heavy atom. The summed E-state index contributed by atoms with van der Waals surface area (Å²) >= 11 is 0. The number of aliphatic imine (C=N–C) groups is 1. The number of benzene rings is 6. The van der Waals surface area contributed by atoms with Crippen LogP contribution >= 0.6 is 7.92 Å². The molecule has 6 aromatic rings. The number of halogens is 24. The summed E-state index contributed by atoms with van der Waals surface area (Å²) in [5, 5.41) is 2.69. The van der Waals surface area contributed by atoms with Crippen LogP contribution in [0.3, 0.4) is 0 Å². The molecule has 3 saturated carbocycles. The molecule has 15 radical (unpaired) electrons. The smallest absolute Gasteiger partial charge is 0.478 e. The van der Waals surface area contributed by atoms with Gasteiger partial charge >= 0.3 is 66.5 Å². The average molecular weight is 1660 g/mol. The predicted octanol–water partition coefficient (Wildman–Crippen LogP) is 19.3. The van der Waals surface area contributed by atoms with Gasteiger partial charge in [-0.05, 0) is 151 Å². The van der Waals surface area contributed by atoms with Gasteiger partial charge in [-0.15, -0.1) is 0 Å². The normalized spacial score (nSPS) is 17.3. The Balaban J connectivity index is 0.000000341. The van der Waals surface area contributed by atoms with Crippen LogP contribution in [-0.2, 0) is 91.3 Å². The van der Waals surface area contributed by atoms with Crippen molar-refractivity contribution in [3.05, 3.63) is 267 Å². The van der Waals surface area contributed by atoms with Crippen LogP contribution < -0.4 is 32.5 Å². The van der Waals surface area contributed by atoms with Gasteiger partial charge in [0.2, 0.25) is 0 Å². The van der Waals surface area contributed by atoms with Gasteiger partial charge in [0, 0.05) is 25.8 Å². The third-order valence-electron chi connectivity index (χ3n) is 15.3. The number of hydrogen-bond acceptors (Lipinski definition) is 2. The first-order valence-electron chi connectivity index (χ1n) is 29.0. The first kappa shape index (κ1) is 84.4. The second kappa shape index (κ2) is 33.5. The standard InChI is InChI=1S/C32H12BF24.C24H25NOP.C8H12.C5H5.Fe.Ir/c34-25(35,36)13-1-14(26(37,38)39)6-21(5-13)33(22-7-15(27(40,41)42)2-16(8-22)28(43,44)45,23-9-17(29(46,47)48)3-18(10-23)30(49,50)51)24-11-19(31(52,53)54)4-20(12-24)32(55,56)57;1-24(2,3)22-17-26-23(25-22)20-15-10-16-21(20)27(18-11-6-4-7-12-18)19-13-8-5-9-14-19;1-2-4-6-8-7-5-3-1;1-2-4-5-3-1;;/h1-12H;4-16,22H,17H2,1-3H3;1-2,7-8H,3-6H2;1-5H;;/q-1;;;;+2;/t;22-;;;;/m.1..../s1. The number of nitrogens with zero attached hydrogens (tertiary/aromatic N) is 1. The molecule has 10 rings (SSSR count). The zero-order valence-electron chi connectivity index (χ0n) is 51.4. The molecule has 0 unspecified atom stereocenters. The second-order valence-corrected chi connectivity index (χ2v) is 25.4. The van der Waals surface area contributed by atoms with Crippen LogP contribution in [0.1, 0.15) is 91.0 Å². The second-order valence-electron chi connectivity index (χ2n) is 23.2.